The van der Waals surface area contributed by atoms with Crippen LogP contribution < -0.4 is 4.90 Å². The summed E-state index contributed by atoms with van der Waals surface area (Å²) in [5.74, 6) is -0.309. The zero-order chi connectivity index (χ0) is 21.5. The van der Waals surface area contributed by atoms with E-state index < -0.39 is 0 Å². The molecule has 0 unspecified atom stereocenters. The lowest BCUT2D eigenvalue weighted by atomic mass is 9.81. The number of methoxy groups -OCH3 is 1. The standard InChI is InChI=1S/C27H29NO2/c1-6-28(7-2)21-13-15-23-22-14-12-20(16-24(22)27(3,4)25(23)17-21)18-8-10-19(11-9-18)26(29)30-5/h8-17H,6-7H2,1-5H3. The number of ether oxygens (including phenoxy) is 1. The van der Waals surface area contributed by atoms with Crippen LogP contribution in [0.1, 0.15) is 49.2 Å². The normalized spacial score (nSPS) is 13.5. The van der Waals surface area contributed by atoms with E-state index in [0.717, 1.165) is 24.2 Å². The number of nitrogens with zero attached hydrogens (tertiary/aromatic N) is 1. The number of anilines is 1. The van der Waals surface area contributed by atoms with Crippen LogP contribution in [0.5, 0.6) is 0 Å². The van der Waals surface area contributed by atoms with Crippen molar-refractivity contribution in [1.82, 2.24) is 0 Å². The van der Waals surface area contributed by atoms with Crippen molar-refractivity contribution < 1.29 is 9.53 Å². The largest absolute Gasteiger partial charge is 0.465 e. The van der Waals surface area contributed by atoms with E-state index in [9.17, 15) is 4.79 Å². The highest BCUT2D eigenvalue weighted by molar-refractivity contribution is 5.90. The average molecular weight is 400 g/mol. The zero-order valence-corrected chi connectivity index (χ0v) is 18.5. The SMILES string of the molecule is CCN(CC)c1ccc2c(c1)C(C)(C)c1cc(-c3ccc(C(=O)OC)cc3)ccc1-2. The maximum atomic E-state index is 11.7. The van der Waals surface area contributed by atoms with Crippen molar-refractivity contribution in [2.45, 2.75) is 33.1 Å². The fraction of sp³-hybridized carbons (Fsp3) is 0.296. The molecule has 3 nitrogen and oxygen atoms in total. The van der Waals surface area contributed by atoms with Gasteiger partial charge in [0, 0.05) is 24.2 Å². The van der Waals surface area contributed by atoms with Crippen molar-refractivity contribution >= 4 is 11.7 Å². The van der Waals surface area contributed by atoms with Crippen molar-refractivity contribution in [3.05, 3.63) is 77.4 Å². The minimum atomic E-state index is -0.309. The Morgan fingerprint density at radius 3 is 2.00 bits per heavy atom. The third kappa shape index (κ3) is 3.19. The molecule has 1 aliphatic rings. The van der Waals surface area contributed by atoms with Gasteiger partial charge in [-0.25, -0.2) is 4.79 Å². The molecular formula is C27H29NO2. The number of hydrogen-bond donors (Lipinski definition) is 0. The molecule has 3 aromatic rings. The highest BCUT2D eigenvalue weighted by Gasteiger charge is 2.36. The Kier molecular flexibility index (Phi) is 5.15. The predicted octanol–water partition coefficient (Wildman–Crippen LogP) is 6.29. The number of benzene rings is 3. The number of fused-ring (bicyclic) bond motifs is 3. The molecule has 0 saturated carbocycles. The minimum Gasteiger partial charge on any atom is -0.465 e. The Balaban J connectivity index is 1.74. The number of esters is 1. The lowest BCUT2D eigenvalue weighted by Crippen LogP contribution is -2.22. The van der Waals surface area contributed by atoms with Gasteiger partial charge in [0.2, 0.25) is 0 Å². The first-order chi connectivity index (χ1) is 14.4. The molecule has 1 aliphatic carbocycles. The van der Waals surface area contributed by atoms with Crippen molar-refractivity contribution in [2.75, 3.05) is 25.1 Å². The Hall–Kier alpha value is -3.07. The fourth-order valence-electron chi connectivity index (χ4n) is 4.61. The molecule has 0 aromatic heterocycles. The number of carbonyl (C=O) groups excluding carboxylic acids is 1. The summed E-state index contributed by atoms with van der Waals surface area (Å²) >= 11 is 0. The number of carbonyl (C=O) groups is 1. The Morgan fingerprint density at radius 2 is 1.40 bits per heavy atom. The molecule has 0 aliphatic heterocycles. The highest BCUT2D eigenvalue weighted by Crippen LogP contribution is 2.50. The molecule has 0 radical (unpaired) electrons. The van der Waals surface area contributed by atoms with Crippen LogP contribution in [0, 0.1) is 0 Å². The third-order valence-electron chi connectivity index (χ3n) is 6.43. The summed E-state index contributed by atoms with van der Waals surface area (Å²) in [6, 6.07) is 21.2. The second-order valence-electron chi connectivity index (χ2n) is 8.36. The Labute approximate surface area is 179 Å². The maximum absolute atomic E-state index is 11.7. The average Bonchev–Trinajstić information content (AvgIpc) is 3.00. The van der Waals surface area contributed by atoms with Crippen molar-refractivity contribution in [3.8, 4) is 22.3 Å². The molecule has 0 heterocycles. The van der Waals surface area contributed by atoms with E-state index in [0.29, 0.717) is 5.56 Å². The van der Waals surface area contributed by atoms with Crippen molar-refractivity contribution in [2.24, 2.45) is 0 Å². The second kappa shape index (κ2) is 7.64. The van der Waals surface area contributed by atoms with E-state index in [1.807, 2.05) is 24.3 Å². The molecule has 0 spiro atoms. The Morgan fingerprint density at radius 1 is 0.833 bits per heavy atom. The first-order valence-electron chi connectivity index (χ1n) is 10.6. The molecule has 0 saturated heterocycles. The van der Waals surface area contributed by atoms with Crippen molar-refractivity contribution in [3.63, 3.8) is 0 Å². The summed E-state index contributed by atoms with van der Waals surface area (Å²) in [6.45, 7) is 11.0. The van der Waals surface area contributed by atoms with E-state index in [1.54, 1.807) is 0 Å². The van der Waals surface area contributed by atoms with Crippen LogP contribution in [-0.4, -0.2) is 26.2 Å². The first kappa shape index (κ1) is 20.2. The summed E-state index contributed by atoms with van der Waals surface area (Å²) in [5.41, 5.74) is 9.45. The fourth-order valence-corrected chi connectivity index (χ4v) is 4.61. The lowest BCUT2D eigenvalue weighted by molar-refractivity contribution is 0.0601. The van der Waals surface area contributed by atoms with Crippen LogP contribution in [0.2, 0.25) is 0 Å². The minimum absolute atomic E-state index is 0.0597. The van der Waals surface area contributed by atoms with Gasteiger partial charge in [-0.05, 0) is 77.6 Å². The highest BCUT2D eigenvalue weighted by atomic mass is 16.5. The first-order valence-corrected chi connectivity index (χ1v) is 10.6. The van der Waals surface area contributed by atoms with Gasteiger partial charge in [0.05, 0.1) is 12.7 Å². The van der Waals surface area contributed by atoms with Gasteiger partial charge in [0.25, 0.3) is 0 Å². The molecule has 0 N–H and O–H groups in total. The molecule has 30 heavy (non-hydrogen) atoms. The van der Waals surface area contributed by atoms with Gasteiger partial charge in [0.15, 0.2) is 0 Å². The third-order valence-corrected chi connectivity index (χ3v) is 6.43. The lowest BCUT2D eigenvalue weighted by Gasteiger charge is -2.26. The molecule has 0 atom stereocenters. The summed E-state index contributed by atoms with van der Waals surface area (Å²) < 4.78 is 4.81. The molecular weight excluding hydrogens is 370 g/mol. The molecule has 3 aromatic carbocycles. The van der Waals surface area contributed by atoms with Gasteiger partial charge >= 0.3 is 5.97 Å². The summed E-state index contributed by atoms with van der Waals surface area (Å²) in [6.07, 6.45) is 0. The van der Waals surface area contributed by atoms with Crippen LogP contribution in [-0.2, 0) is 10.2 Å². The molecule has 3 heteroatoms. The van der Waals surface area contributed by atoms with Crippen LogP contribution in [0.4, 0.5) is 5.69 Å². The smallest absolute Gasteiger partial charge is 0.337 e. The van der Waals surface area contributed by atoms with Gasteiger partial charge in [-0.1, -0.05) is 44.2 Å². The van der Waals surface area contributed by atoms with E-state index in [1.165, 1.54) is 35.1 Å². The van der Waals surface area contributed by atoms with Crippen LogP contribution in [0.3, 0.4) is 0 Å². The molecule has 0 bridgehead atoms. The number of hydrogen-bond acceptors (Lipinski definition) is 3. The van der Waals surface area contributed by atoms with E-state index in [-0.39, 0.29) is 11.4 Å². The topological polar surface area (TPSA) is 29.5 Å². The van der Waals surface area contributed by atoms with Crippen molar-refractivity contribution in [1.29, 1.82) is 0 Å². The van der Waals surface area contributed by atoms with Gasteiger partial charge in [-0.2, -0.15) is 0 Å². The molecule has 0 amide bonds. The molecule has 154 valence electrons. The van der Waals surface area contributed by atoms with Crippen LogP contribution >= 0.6 is 0 Å². The van der Waals surface area contributed by atoms with Gasteiger partial charge < -0.3 is 9.64 Å². The Bertz CT molecular complexity index is 1090. The van der Waals surface area contributed by atoms with Gasteiger partial charge in [0.1, 0.15) is 0 Å². The quantitative estimate of drug-likeness (QED) is 0.472. The van der Waals surface area contributed by atoms with E-state index in [2.05, 4.69) is 69.0 Å². The summed E-state index contributed by atoms with van der Waals surface area (Å²) in [7, 11) is 1.40. The molecule has 4 rings (SSSR count). The maximum Gasteiger partial charge on any atom is 0.337 e. The zero-order valence-electron chi connectivity index (χ0n) is 18.5. The van der Waals surface area contributed by atoms with E-state index in [4.69, 9.17) is 4.74 Å². The van der Waals surface area contributed by atoms with E-state index >= 15 is 0 Å². The summed E-state index contributed by atoms with van der Waals surface area (Å²) in [5, 5.41) is 0. The van der Waals surface area contributed by atoms with Crippen LogP contribution in [0.25, 0.3) is 22.3 Å². The van der Waals surface area contributed by atoms with Crippen LogP contribution in [0.15, 0.2) is 60.7 Å². The van der Waals surface area contributed by atoms with Gasteiger partial charge in [-0.15, -0.1) is 0 Å². The second-order valence-corrected chi connectivity index (χ2v) is 8.36. The van der Waals surface area contributed by atoms with Gasteiger partial charge in [-0.3, -0.25) is 0 Å². The predicted molar refractivity (Wildman–Crippen MR) is 124 cm³/mol. The summed E-state index contributed by atoms with van der Waals surface area (Å²) in [4.78, 5) is 14.1. The molecule has 0 fully saturated rings. The monoisotopic (exact) mass is 399 g/mol. The number of rotatable bonds is 5.